The molecule has 104 valence electrons. The first-order valence-corrected chi connectivity index (χ1v) is 7.02. The maximum Gasteiger partial charge on any atom is 0.120 e. The van der Waals surface area contributed by atoms with E-state index in [2.05, 4.69) is 42.6 Å². The van der Waals surface area contributed by atoms with Gasteiger partial charge in [-0.2, -0.15) is 0 Å². The Balaban J connectivity index is 1.83. The lowest BCUT2D eigenvalue weighted by molar-refractivity contribution is 0.363. The number of benzene rings is 2. The SMILES string of the molecule is CCNCc1cccc(OC/C=C/c2ccccc2)c1. The molecule has 0 aliphatic heterocycles. The summed E-state index contributed by atoms with van der Waals surface area (Å²) in [6.45, 7) is 4.55. The normalized spacial score (nSPS) is 10.8. The summed E-state index contributed by atoms with van der Waals surface area (Å²) in [6, 6.07) is 18.4. The number of hydrogen-bond donors (Lipinski definition) is 1. The third-order valence-electron chi connectivity index (χ3n) is 2.93. The fourth-order valence-electron chi connectivity index (χ4n) is 1.91. The molecule has 0 amide bonds. The smallest absolute Gasteiger partial charge is 0.120 e. The molecule has 0 unspecified atom stereocenters. The maximum atomic E-state index is 5.73. The van der Waals surface area contributed by atoms with E-state index >= 15 is 0 Å². The molecule has 0 saturated carbocycles. The van der Waals surface area contributed by atoms with Crippen LogP contribution in [0.4, 0.5) is 0 Å². The number of nitrogens with one attached hydrogen (secondary N) is 1. The van der Waals surface area contributed by atoms with Crippen molar-refractivity contribution < 1.29 is 4.74 Å². The van der Waals surface area contributed by atoms with Crippen molar-refractivity contribution in [1.82, 2.24) is 5.32 Å². The van der Waals surface area contributed by atoms with Crippen LogP contribution >= 0.6 is 0 Å². The molecular formula is C18H21NO. The van der Waals surface area contributed by atoms with E-state index in [0.29, 0.717) is 6.61 Å². The van der Waals surface area contributed by atoms with Crippen LogP contribution in [0.25, 0.3) is 6.08 Å². The molecular weight excluding hydrogens is 246 g/mol. The van der Waals surface area contributed by atoms with Crippen molar-refractivity contribution in [2.75, 3.05) is 13.2 Å². The van der Waals surface area contributed by atoms with Crippen LogP contribution in [0.15, 0.2) is 60.7 Å². The van der Waals surface area contributed by atoms with Gasteiger partial charge in [0.25, 0.3) is 0 Å². The lowest BCUT2D eigenvalue weighted by Gasteiger charge is -2.06. The van der Waals surface area contributed by atoms with Crippen molar-refractivity contribution in [3.8, 4) is 5.75 Å². The van der Waals surface area contributed by atoms with Crippen LogP contribution in [-0.2, 0) is 6.54 Å². The molecule has 0 aliphatic rings. The van der Waals surface area contributed by atoms with Gasteiger partial charge in [-0.3, -0.25) is 0 Å². The Bertz CT molecular complexity index is 534. The van der Waals surface area contributed by atoms with E-state index in [1.54, 1.807) is 0 Å². The molecule has 0 saturated heterocycles. The van der Waals surface area contributed by atoms with Crippen molar-refractivity contribution >= 4 is 6.08 Å². The Morgan fingerprint density at radius 2 is 1.90 bits per heavy atom. The van der Waals surface area contributed by atoms with Gasteiger partial charge in [-0.05, 0) is 35.9 Å². The zero-order valence-electron chi connectivity index (χ0n) is 11.9. The van der Waals surface area contributed by atoms with Crippen molar-refractivity contribution in [3.05, 3.63) is 71.8 Å². The summed E-state index contributed by atoms with van der Waals surface area (Å²) in [5.41, 5.74) is 2.44. The minimum Gasteiger partial charge on any atom is -0.490 e. The second-order valence-corrected chi connectivity index (χ2v) is 4.55. The van der Waals surface area contributed by atoms with Crippen LogP contribution in [0, 0.1) is 0 Å². The molecule has 2 nitrogen and oxygen atoms in total. The van der Waals surface area contributed by atoms with Crippen LogP contribution < -0.4 is 10.1 Å². The van der Waals surface area contributed by atoms with E-state index in [9.17, 15) is 0 Å². The van der Waals surface area contributed by atoms with Crippen LogP contribution in [0.5, 0.6) is 5.75 Å². The van der Waals surface area contributed by atoms with Crippen molar-refractivity contribution in [2.24, 2.45) is 0 Å². The summed E-state index contributed by atoms with van der Waals surface area (Å²) in [7, 11) is 0. The largest absolute Gasteiger partial charge is 0.490 e. The molecule has 0 heterocycles. The van der Waals surface area contributed by atoms with Crippen molar-refractivity contribution in [2.45, 2.75) is 13.5 Å². The molecule has 0 aromatic heterocycles. The number of rotatable bonds is 7. The maximum absolute atomic E-state index is 5.73. The molecule has 0 bridgehead atoms. The topological polar surface area (TPSA) is 21.3 Å². The highest BCUT2D eigenvalue weighted by Crippen LogP contribution is 2.13. The summed E-state index contributed by atoms with van der Waals surface area (Å²) in [5, 5.41) is 3.31. The van der Waals surface area contributed by atoms with Crippen LogP contribution in [-0.4, -0.2) is 13.2 Å². The Labute approximate surface area is 121 Å². The first-order chi connectivity index (χ1) is 9.88. The Morgan fingerprint density at radius 3 is 2.70 bits per heavy atom. The van der Waals surface area contributed by atoms with E-state index in [1.807, 2.05) is 36.4 Å². The van der Waals surface area contributed by atoms with Crippen LogP contribution in [0.3, 0.4) is 0 Å². The molecule has 2 aromatic rings. The highest BCUT2D eigenvalue weighted by Gasteiger charge is 1.95. The molecule has 0 atom stereocenters. The highest BCUT2D eigenvalue weighted by molar-refractivity contribution is 5.48. The lowest BCUT2D eigenvalue weighted by Crippen LogP contribution is -2.11. The Morgan fingerprint density at radius 1 is 1.05 bits per heavy atom. The summed E-state index contributed by atoms with van der Waals surface area (Å²) < 4.78 is 5.73. The van der Waals surface area contributed by atoms with Crippen molar-refractivity contribution in [3.63, 3.8) is 0 Å². The highest BCUT2D eigenvalue weighted by atomic mass is 16.5. The fraction of sp³-hybridized carbons (Fsp3) is 0.222. The molecule has 0 aliphatic carbocycles. The second kappa shape index (κ2) is 8.18. The first kappa shape index (κ1) is 14.4. The van der Waals surface area contributed by atoms with E-state index in [-0.39, 0.29) is 0 Å². The quantitative estimate of drug-likeness (QED) is 0.821. The Kier molecular flexibility index (Phi) is 5.87. The summed E-state index contributed by atoms with van der Waals surface area (Å²) in [6.07, 6.45) is 4.11. The third-order valence-corrected chi connectivity index (χ3v) is 2.93. The minimum absolute atomic E-state index is 0.583. The number of ether oxygens (including phenoxy) is 1. The molecule has 2 aromatic carbocycles. The van der Waals surface area contributed by atoms with Gasteiger partial charge in [-0.15, -0.1) is 0 Å². The molecule has 0 radical (unpaired) electrons. The van der Waals surface area contributed by atoms with E-state index in [1.165, 1.54) is 11.1 Å². The molecule has 2 rings (SSSR count). The molecule has 2 heteroatoms. The molecule has 1 N–H and O–H groups in total. The van der Waals surface area contributed by atoms with Gasteiger partial charge >= 0.3 is 0 Å². The first-order valence-electron chi connectivity index (χ1n) is 7.02. The Hall–Kier alpha value is -2.06. The third kappa shape index (κ3) is 4.90. The van der Waals surface area contributed by atoms with Crippen LogP contribution in [0.1, 0.15) is 18.1 Å². The summed E-state index contributed by atoms with van der Waals surface area (Å²) in [5.74, 6) is 0.915. The van der Waals surface area contributed by atoms with Gasteiger partial charge < -0.3 is 10.1 Å². The van der Waals surface area contributed by atoms with Gasteiger partial charge in [0.15, 0.2) is 0 Å². The zero-order chi connectivity index (χ0) is 14.0. The van der Waals surface area contributed by atoms with Crippen LogP contribution in [0.2, 0.25) is 0 Å². The monoisotopic (exact) mass is 267 g/mol. The van der Waals surface area contributed by atoms with Crippen molar-refractivity contribution in [1.29, 1.82) is 0 Å². The van der Waals surface area contributed by atoms with Gasteiger partial charge in [0.05, 0.1) is 0 Å². The molecule has 20 heavy (non-hydrogen) atoms. The predicted octanol–water partition coefficient (Wildman–Crippen LogP) is 3.89. The fourth-order valence-corrected chi connectivity index (χ4v) is 1.91. The van der Waals surface area contributed by atoms with E-state index in [4.69, 9.17) is 4.74 Å². The van der Waals surface area contributed by atoms with E-state index < -0.39 is 0 Å². The van der Waals surface area contributed by atoms with Gasteiger partial charge in [0.2, 0.25) is 0 Å². The summed E-state index contributed by atoms with van der Waals surface area (Å²) >= 11 is 0. The standard InChI is InChI=1S/C18H21NO/c1-2-19-15-17-10-6-12-18(14-17)20-13-7-11-16-8-4-3-5-9-16/h3-12,14,19H,2,13,15H2,1H3/b11-7+. The molecule has 0 fully saturated rings. The second-order valence-electron chi connectivity index (χ2n) is 4.55. The average Bonchev–Trinajstić information content (AvgIpc) is 2.51. The molecule has 0 spiro atoms. The predicted molar refractivity (Wildman–Crippen MR) is 84.8 cm³/mol. The number of hydrogen-bond acceptors (Lipinski definition) is 2. The lowest BCUT2D eigenvalue weighted by atomic mass is 10.2. The zero-order valence-corrected chi connectivity index (χ0v) is 11.9. The van der Waals surface area contributed by atoms with Gasteiger partial charge in [0, 0.05) is 6.54 Å². The minimum atomic E-state index is 0.583. The van der Waals surface area contributed by atoms with Gasteiger partial charge in [-0.1, -0.05) is 55.5 Å². The van der Waals surface area contributed by atoms with E-state index in [0.717, 1.165) is 18.8 Å². The average molecular weight is 267 g/mol. The van der Waals surface area contributed by atoms with Gasteiger partial charge in [-0.25, -0.2) is 0 Å². The summed E-state index contributed by atoms with van der Waals surface area (Å²) in [4.78, 5) is 0. The van der Waals surface area contributed by atoms with Gasteiger partial charge in [0.1, 0.15) is 12.4 Å².